The minimum Gasteiger partial charge on any atom is -0.496 e. The van der Waals surface area contributed by atoms with E-state index >= 15 is 0 Å². The van der Waals surface area contributed by atoms with Gasteiger partial charge in [0.05, 0.1) is 23.8 Å². The van der Waals surface area contributed by atoms with Gasteiger partial charge in [0.15, 0.2) is 0 Å². The van der Waals surface area contributed by atoms with E-state index in [-0.39, 0.29) is 5.43 Å². The van der Waals surface area contributed by atoms with Crippen molar-refractivity contribution in [1.82, 2.24) is 4.98 Å². The summed E-state index contributed by atoms with van der Waals surface area (Å²) in [4.78, 5) is 17.0. The SMILES string of the molecule is COc1cc2oc(C)c(-c3ccccn3)c(=O)c2cc1C. The number of nitrogens with zero attached hydrogens (tertiary/aromatic N) is 1. The second-order valence-electron chi connectivity index (χ2n) is 4.90. The van der Waals surface area contributed by atoms with Gasteiger partial charge in [-0.25, -0.2) is 0 Å². The molecule has 4 heteroatoms. The molecule has 0 fully saturated rings. The largest absolute Gasteiger partial charge is 0.496 e. The number of ether oxygens (including phenoxy) is 1. The maximum atomic E-state index is 12.8. The summed E-state index contributed by atoms with van der Waals surface area (Å²) in [7, 11) is 1.60. The van der Waals surface area contributed by atoms with Crippen LogP contribution in [0.5, 0.6) is 5.75 Å². The van der Waals surface area contributed by atoms with Crippen LogP contribution in [-0.4, -0.2) is 12.1 Å². The van der Waals surface area contributed by atoms with Gasteiger partial charge in [-0.15, -0.1) is 0 Å². The van der Waals surface area contributed by atoms with Crippen molar-refractivity contribution in [2.75, 3.05) is 7.11 Å². The zero-order valence-corrected chi connectivity index (χ0v) is 12.1. The fraction of sp³-hybridized carbons (Fsp3) is 0.176. The average Bonchev–Trinajstić information content (AvgIpc) is 2.49. The minimum absolute atomic E-state index is 0.0711. The Balaban J connectivity index is 2.37. The Bertz CT molecular complexity index is 867. The molecule has 0 unspecified atom stereocenters. The summed E-state index contributed by atoms with van der Waals surface area (Å²) in [6.07, 6.45) is 1.66. The van der Waals surface area contributed by atoms with Crippen LogP contribution in [0.3, 0.4) is 0 Å². The molecular weight excluding hydrogens is 266 g/mol. The van der Waals surface area contributed by atoms with Crippen molar-refractivity contribution >= 4 is 11.0 Å². The Morgan fingerprint density at radius 2 is 2.00 bits per heavy atom. The van der Waals surface area contributed by atoms with E-state index in [4.69, 9.17) is 9.15 Å². The van der Waals surface area contributed by atoms with Crippen LogP contribution in [0.2, 0.25) is 0 Å². The van der Waals surface area contributed by atoms with Crippen molar-refractivity contribution in [2.24, 2.45) is 0 Å². The molecule has 0 saturated heterocycles. The van der Waals surface area contributed by atoms with Gasteiger partial charge >= 0.3 is 0 Å². The Kier molecular flexibility index (Phi) is 3.22. The third-order valence-electron chi connectivity index (χ3n) is 3.50. The first-order chi connectivity index (χ1) is 10.1. The molecule has 1 aromatic carbocycles. The lowest BCUT2D eigenvalue weighted by atomic mass is 10.1. The highest BCUT2D eigenvalue weighted by atomic mass is 16.5. The van der Waals surface area contributed by atoms with E-state index in [9.17, 15) is 4.79 Å². The van der Waals surface area contributed by atoms with Crippen molar-refractivity contribution in [3.63, 3.8) is 0 Å². The number of aryl methyl sites for hydroxylation is 2. The summed E-state index contributed by atoms with van der Waals surface area (Å²) in [6.45, 7) is 3.68. The molecule has 21 heavy (non-hydrogen) atoms. The van der Waals surface area contributed by atoms with Gasteiger partial charge < -0.3 is 9.15 Å². The number of pyridine rings is 1. The highest BCUT2D eigenvalue weighted by Crippen LogP contribution is 2.27. The molecule has 0 atom stereocenters. The van der Waals surface area contributed by atoms with Crippen LogP contribution >= 0.6 is 0 Å². The van der Waals surface area contributed by atoms with Gasteiger partial charge in [-0.2, -0.15) is 0 Å². The molecule has 0 N–H and O–H groups in total. The van der Waals surface area contributed by atoms with Gasteiger partial charge in [-0.3, -0.25) is 9.78 Å². The van der Waals surface area contributed by atoms with Crippen LogP contribution in [0.4, 0.5) is 0 Å². The molecule has 0 radical (unpaired) electrons. The monoisotopic (exact) mass is 281 g/mol. The fourth-order valence-corrected chi connectivity index (χ4v) is 2.47. The van der Waals surface area contributed by atoms with Crippen molar-refractivity contribution in [2.45, 2.75) is 13.8 Å². The third kappa shape index (κ3) is 2.18. The molecule has 106 valence electrons. The lowest BCUT2D eigenvalue weighted by Gasteiger charge is -2.09. The van der Waals surface area contributed by atoms with Gasteiger partial charge in [0.1, 0.15) is 17.1 Å². The summed E-state index contributed by atoms with van der Waals surface area (Å²) in [5.41, 5.74) is 2.48. The summed E-state index contributed by atoms with van der Waals surface area (Å²) in [5.74, 6) is 1.26. The molecule has 3 aromatic rings. The van der Waals surface area contributed by atoms with E-state index in [2.05, 4.69) is 4.98 Å². The first-order valence-corrected chi connectivity index (χ1v) is 6.65. The Morgan fingerprint density at radius 3 is 2.67 bits per heavy atom. The number of aromatic nitrogens is 1. The zero-order chi connectivity index (χ0) is 15.0. The van der Waals surface area contributed by atoms with Crippen molar-refractivity contribution in [1.29, 1.82) is 0 Å². The van der Waals surface area contributed by atoms with Gasteiger partial charge in [0.2, 0.25) is 5.43 Å². The van der Waals surface area contributed by atoms with Crippen LogP contribution in [0, 0.1) is 13.8 Å². The fourth-order valence-electron chi connectivity index (χ4n) is 2.47. The number of benzene rings is 1. The van der Waals surface area contributed by atoms with E-state index in [1.807, 2.05) is 25.1 Å². The van der Waals surface area contributed by atoms with Crippen LogP contribution < -0.4 is 10.2 Å². The summed E-state index contributed by atoms with van der Waals surface area (Å²) < 4.78 is 11.1. The Labute approximate surface area is 122 Å². The minimum atomic E-state index is -0.0711. The van der Waals surface area contributed by atoms with Crippen LogP contribution in [-0.2, 0) is 0 Å². The standard InChI is InChI=1S/C17H15NO3/c1-10-8-12-15(9-14(10)20-3)21-11(2)16(17(12)19)13-6-4-5-7-18-13/h4-9H,1-3H3. The van der Waals surface area contributed by atoms with Crippen molar-refractivity contribution in [3.8, 4) is 17.0 Å². The van der Waals surface area contributed by atoms with Gasteiger partial charge in [-0.1, -0.05) is 6.07 Å². The van der Waals surface area contributed by atoms with Gasteiger partial charge in [0.25, 0.3) is 0 Å². The normalized spacial score (nSPS) is 10.8. The molecule has 3 rings (SSSR count). The molecule has 0 bridgehead atoms. The molecule has 0 saturated carbocycles. The van der Waals surface area contributed by atoms with Crippen LogP contribution in [0.1, 0.15) is 11.3 Å². The topological polar surface area (TPSA) is 52.3 Å². The number of fused-ring (bicyclic) bond motifs is 1. The molecule has 2 heterocycles. The molecule has 0 aliphatic rings. The number of hydrogen-bond acceptors (Lipinski definition) is 4. The molecule has 0 spiro atoms. The van der Waals surface area contributed by atoms with Gasteiger partial charge in [-0.05, 0) is 37.6 Å². The van der Waals surface area contributed by atoms with E-state index in [0.717, 1.165) is 5.56 Å². The third-order valence-corrected chi connectivity index (χ3v) is 3.50. The van der Waals surface area contributed by atoms with E-state index in [1.54, 1.807) is 32.4 Å². The second kappa shape index (κ2) is 5.05. The Morgan fingerprint density at radius 1 is 1.19 bits per heavy atom. The van der Waals surface area contributed by atoms with Gasteiger partial charge in [0, 0.05) is 12.3 Å². The number of methoxy groups -OCH3 is 1. The molecule has 2 aromatic heterocycles. The highest BCUT2D eigenvalue weighted by Gasteiger charge is 2.15. The summed E-state index contributed by atoms with van der Waals surface area (Å²) in [6, 6.07) is 9.02. The zero-order valence-electron chi connectivity index (χ0n) is 12.1. The molecule has 4 nitrogen and oxygen atoms in total. The van der Waals surface area contributed by atoms with Crippen LogP contribution in [0.15, 0.2) is 45.7 Å². The Hall–Kier alpha value is -2.62. The molecule has 0 aliphatic carbocycles. The number of hydrogen-bond donors (Lipinski definition) is 0. The predicted molar refractivity (Wildman–Crippen MR) is 81.7 cm³/mol. The van der Waals surface area contributed by atoms with E-state index < -0.39 is 0 Å². The predicted octanol–water partition coefficient (Wildman–Crippen LogP) is 3.48. The molecule has 0 aliphatic heterocycles. The summed E-state index contributed by atoms with van der Waals surface area (Å²) in [5, 5.41) is 0.541. The maximum absolute atomic E-state index is 12.8. The van der Waals surface area contributed by atoms with Crippen LogP contribution in [0.25, 0.3) is 22.2 Å². The maximum Gasteiger partial charge on any atom is 0.202 e. The van der Waals surface area contributed by atoms with E-state index in [0.29, 0.717) is 33.7 Å². The molecule has 0 amide bonds. The lowest BCUT2D eigenvalue weighted by molar-refractivity contribution is 0.411. The molecular formula is C17H15NO3. The lowest BCUT2D eigenvalue weighted by Crippen LogP contribution is -2.08. The van der Waals surface area contributed by atoms with Crippen molar-refractivity contribution in [3.05, 3.63) is 58.1 Å². The average molecular weight is 281 g/mol. The first-order valence-electron chi connectivity index (χ1n) is 6.65. The smallest absolute Gasteiger partial charge is 0.202 e. The first kappa shape index (κ1) is 13.4. The van der Waals surface area contributed by atoms with E-state index in [1.165, 1.54) is 0 Å². The summed E-state index contributed by atoms with van der Waals surface area (Å²) >= 11 is 0. The quantitative estimate of drug-likeness (QED) is 0.721. The van der Waals surface area contributed by atoms with Crippen molar-refractivity contribution < 1.29 is 9.15 Å². The number of rotatable bonds is 2. The second-order valence-corrected chi connectivity index (χ2v) is 4.90. The highest BCUT2D eigenvalue weighted by molar-refractivity contribution is 5.84.